The van der Waals surface area contributed by atoms with Crippen LogP contribution in [-0.2, 0) is 6.54 Å². The molecule has 0 fully saturated rings. The van der Waals surface area contributed by atoms with Crippen molar-refractivity contribution < 1.29 is 0 Å². The van der Waals surface area contributed by atoms with Gasteiger partial charge in [-0.1, -0.05) is 36.4 Å². The molecule has 23 heavy (non-hydrogen) atoms. The quantitative estimate of drug-likeness (QED) is 0.610. The van der Waals surface area contributed by atoms with E-state index in [-0.39, 0.29) is 0 Å². The zero-order valence-corrected chi connectivity index (χ0v) is 12.3. The second kappa shape index (κ2) is 5.53. The fraction of sp³-hybridized carbons (Fsp3) is 0.0556. The number of hydrogen-bond donors (Lipinski definition) is 2. The molecule has 0 aliphatic heterocycles. The van der Waals surface area contributed by atoms with Gasteiger partial charge in [0, 0.05) is 12.7 Å². The van der Waals surface area contributed by atoms with Crippen molar-refractivity contribution in [3.05, 3.63) is 76.8 Å². The second-order valence-corrected chi connectivity index (χ2v) is 5.33. The Morgan fingerprint density at radius 2 is 1.87 bits per heavy atom. The Morgan fingerprint density at radius 3 is 2.78 bits per heavy atom. The molecule has 112 valence electrons. The zero-order valence-electron chi connectivity index (χ0n) is 12.3. The zero-order chi connectivity index (χ0) is 15.6. The van der Waals surface area contributed by atoms with Gasteiger partial charge in [0.15, 0.2) is 0 Å². The van der Waals surface area contributed by atoms with E-state index in [1.807, 2.05) is 24.3 Å². The molecule has 5 nitrogen and oxygen atoms in total. The van der Waals surface area contributed by atoms with Crippen LogP contribution in [0.5, 0.6) is 0 Å². The van der Waals surface area contributed by atoms with Crippen LogP contribution < -0.4 is 11.0 Å². The number of hydrogen-bond acceptors (Lipinski definition) is 4. The van der Waals surface area contributed by atoms with Gasteiger partial charge in [0.05, 0.1) is 5.39 Å². The Hall–Kier alpha value is -3.21. The molecule has 0 radical (unpaired) electrons. The second-order valence-electron chi connectivity index (χ2n) is 5.33. The molecule has 0 aliphatic rings. The topological polar surface area (TPSA) is 70.7 Å². The number of pyridine rings is 1. The average Bonchev–Trinajstić information content (AvgIpc) is 2.59. The van der Waals surface area contributed by atoms with Crippen molar-refractivity contribution in [2.24, 2.45) is 0 Å². The van der Waals surface area contributed by atoms with Crippen LogP contribution in [-0.4, -0.2) is 15.0 Å². The predicted molar refractivity (Wildman–Crippen MR) is 91.4 cm³/mol. The molecule has 0 spiro atoms. The van der Waals surface area contributed by atoms with Gasteiger partial charge >= 0.3 is 5.69 Å². The third-order valence-corrected chi connectivity index (χ3v) is 3.78. The fourth-order valence-electron chi connectivity index (χ4n) is 2.66. The molecule has 2 heterocycles. The molecule has 0 bridgehead atoms. The number of nitrogens with zero attached hydrogens (tertiary/aromatic N) is 2. The summed E-state index contributed by atoms with van der Waals surface area (Å²) in [5, 5.41) is 6.44. The highest BCUT2D eigenvalue weighted by Crippen LogP contribution is 2.19. The summed E-state index contributed by atoms with van der Waals surface area (Å²) in [7, 11) is 0. The molecular formula is C18H14N4O. The maximum atomic E-state index is 11.6. The Labute approximate surface area is 132 Å². The van der Waals surface area contributed by atoms with Crippen molar-refractivity contribution in [3.63, 3.8) is 0 Å². The van der Waals surface area contributed by atoms with E-state index in [1.54, 1.807) is 6.20 Å². The van der Waals surface area contributed by atoms with Gasteiger partial charge in [0.25, 0.3) is 0 Å². The summed E-state index contributed by atoms with van der Waals surface area (Å²) in [4.78, 5) is 22.5. The van der Waals surface area contributed by atoms with Crippen molar-refractivity contribution in [1.82, 2.24) is 15.0 Å². The SMILES string of the molecule is O=c1nc(NCc2ccc3ccccc3c2)c2cccnc2[nH]1. The minimum Gasteiger partial charge on any atom is -0.365 e. The van der Waals surface area contributed by atoms with Crippen LogP contribution in [0, 0.1) is 0 Å². The van der Waals surface area contributed by atoms with Crippen LogP contribution in [0.25, 0.3) is 21.8 Å². The number of benzene rings is 2. The Morgan fingerprint density at radius 1 is 1.00 bits per heavy atom. The lowest BCUT2D eigenvalue weighted by Crippen LogP contribution is -2.14. The minimum absolute atomic E-state index is 0.405. The highest BCUT2D eigenvalue weighted by molar-refractivity contribution is 5.86. The Bertz CT molecular complexity index is 1060. The number of nitrogens with one attached hydrogen (secondary N) is 2. The third-order valence-electron chi connectivity index (χ3n) is 3.78. The van der Waals surface area contributed by atoms with Crippen molar-refractivity contribution in [1.29, 1.82) is 0 Å². The first kappa shape index (κ1) is 13.5. The van der Waals surface area contributed by atoms with E-state index in [0.717, 1.165) is 10.9 Å². The fourth-order valence-corrected chi connectivity index (χ4v) is 2.66. The van der Waals surface area contributed by atoms with Gasteiger partial charge in [-0.2, -0.15) is 4.98 Å². The molecule has 0 unspecified atom stereocenters. The predicted octanol–water partition coefficient (Wildman–Crippen LogP) is 3.08. The van der Waals surface area contributed by atoms with Crippen LogP contribution in [0.3, 0.4) is 0 Å². The van der Waals surface area contributed by atoms with Crippen LogP contribution in [0.1, 0.15) is 5.56 Å². The van der Waals surface area contributed by atoms with Crippen molar-refractivity contribution in [2.75, 3.05) is 5.32 Å². The first-order chi connectivity index (χ1) is 11.3. The molecule has 2 aromatic heterocycles. The standard InChI is InChI=1S/C18H14N4O/c23-18-21-16-15(6-3-9-19-16)17(22-18)20-11-12-7-8-13-4-1-2-5-14(13)10-12/h1-10H,11H2,(H2,19,20,21,22,23). The smallest absolute Gasteiger partial charge is 0.348 e. The molecule has 0 saturated heterocycles. The largest absolute Gasteiger partial charge is 0.365 e. The van der Waals surface area contributed by atoms with Gasteiger partial charge in [-0.15, -0.1) is 0 Å². The lowest BCUT2D eigenvalue weighted by atomic mass is 10.1. The summed E-state index contributed by atoms with van der Waals surface area (Å²) in [6, 6.07) is 18.2. The van der Waals surface area contributed by atoms with Crippen molar-refractivity contribution in [3.8, 4) is 0 Å². The van der Waals surface area contributed by atoms with Gasteiger partial charge in [-0.3, -0.25) is 4.98 Å². The molecule has 0 amide bonds. The maximum Gasteiger partial charge on any atom is 0.348 e. The summed E-state index contributed by atoms with van der Waals surface area (Å²) in [6.07, 6.45) is 1.64. The lowest BCUT2D eigenvalue weighted by molar-refractivity contribution is 1.05. The summed E-state index contributed by atoms with van der Waals surface area (Å²) in [5.74, 6) is 0.546. The Kier molecular flexibility index (Phi) is 3.24. The molecule has 0 aliphatic carbocycles. The van der Waals surface area contributed by atoms with E-state index in [9.17, 15) is 4.79 Å². The number of anilines is 1. The van der Waals surface area contributed by atoms with E-state index in [2.05, 4.69) is 50.6 Å². The highest BCUT2D eigenvalue weighted by atomic mass is 16.1. The molecule has 0 saturated carbocycles. The number of aromatic nitrogens is 3. The molecule has 4 aromatic rings. The van der Waals surface area contributed by atoms with Gasteiger partial charge in [-0.25, -0.2) is 9.78 Å². The molecule has 0 atom stereocenters. The number of rotatable bonds is 3. The van der Waals surface area contributed by atoms with Gasteiger partial charge < -0.3 is 5.32 Å². The first-order valence-corrected chi connectivity index (χ1v) is 7.36. The van der Waals surface area contributed by atoms with Gasteiger partial charge in [-0.05, 0) is 34.5 Å². The maximum absolute atomic E-state index is 11.6. The van der Waals surface area contributed by atoms with E-state index < -0.39 is 5.69 Å². The summed E-state index contributed by atoms with van der Waals surface area (Å²) < 4.78 is 0. The van der Waals surface area contributed by atoms with Crippen molar-refractivity contribution >= 4 is 27.6 Å². The number of H-pyrrole nitrogens is 1. The van der Waals surface area contributed by atoms with E-state index in [1.165, 1.54) is 10.8 Å². The normalized spacial score (nSPS) is 11.0. The lowest BCUT2D eigenvalue weighted by Gasteiger charge is -2.08. The van der Waals surface area contributed by atoms with Crippen molar-refractivity contribution in [2.45, 2.75) is 6.54 Å². The van der Waals surface area contributed by atoms with Crippen LogP contribution >= 0.6 is 0 Å². The van der Waals surface area contributed by atoms with E-state index in [0.29, 0.717) is 18.0 Å². The molecule has 2 N–H and O–H groups in total. The van der Waals surface area contributed by atoms with Crippen LogP contribution in [0.2, 0.25) is 0 Å². The summed E-state index contributed by atoms with van der Waals surface area (Å²) >= 11 is 0. The number of fused-ring (bicyclic) bond motifs is 2. The van der Waals surface area contributed by atoms with Crippen LogP contribution in [0.4, 0.5) is 5.82 Å². The molecular weight excluding hydrogens is 288 g/mol. The number of aromatic amines is 1. The first-order valence-electron chi connectivity index (χ1n) is 7.36. The van der Waals surface area contributed by atoms with E-state index in [4.69, 9.17) is 0 Å². The molecule has 2 aromatic carbocycles. The van der Waals surface area contributed by atoms with Crippen LogP contribution in [0.15, 0.2) is 65.6 Å². The molecule has 4 rings (SSSR count). The third kappa shape index (κ3) is 2.64. The summed E-state index contributed by atoms with van der Waals surface area (Å²) in [5.41, 5.74) is 1.26. The summed E-state index contributed by atoms with van der Waals surface area (Å²) in [6.45, 7) is 0.589. The van der Waals surface area contributed by atoms with Gasteiger partial charge in [0.1, 0.15) is 11.5 Å². The van der Waals surface area contributed by atoms with Gasteiger partial charge in [0.2, 0.25) is 0 Å². The molecule has 5 heteroatoms. The monoisotopic (exact) mass is 302 g/mol. The highest BCUT2D eigenvalue weighted by Gasteiger charge is 2.05. The Balaban J connectivity index is 1.66. The van der Waals surface area contributed by atoms with E-state index >= 15 is 0 Å². The average molecular weight is 302 g/mol. The minimum atomic E-state index is -0.405.